The largest absolute Gasteiger partial charge is 0.296 e. The van der Waals surface area contributed by atoms with Gasteiger partial charge in [-0.15, -0.1) is 23.1 Å². The summed E-state index contributed by atoms with van der Waals surface area (Å²) >= 11 is 6.64. The van der Waals surface area contributed by atoms with Crippen molar-refractivity contribution < 1.29 is 4.79 Å². The van der Waals surface area contributed by atoms with E-state index in [1.54, 1.807) is 17.1 Å². The van der Waals surface area contributed by atoms with E-state index in [1.165, 1.54) is 16.2 Å². The minimum absolute atomic E-state index is 0.524. The fourth-order valence-corrected chi connectivity index (χ4v) is 3.04. The summed E-state index contributed by atoms with van der Waals surface area (Å²) in [4.78, 5) is 15.8. The summed E-state index contributed by atoms with van der Waals surface area (Å²) in [5.74, 6) is 0.806. The van der Waals surface area contributed by atoms with Gasteiger partial charge in [0.2, 0.25) is 0 Å². The van der Waals surface area contributed by atoms with Gasteiger partial charge in [0.1, 0.15) is 10.7 Å². The number of thiazole rings is 1. The van der Waals surface area contributed by atoms with Crippen molar-refractivity contribution in [2.24, 2.45) is 0 Å². The highest BCUT2D eigenvalue weighted by atomic mass is 79.9. The first-order chi connectivity index (χ1) is 7.78. The highest BCUT2D eigenvalue weighted by Crippen LogP contribution is 2.25. The second kappa shape index (κ2) is 5.61. The third-order valence-corrected chi connectivity index (χ3v) is 4.47. The number of aldehydes is 1. The number of thioether (sulfide) groups is 1. The summed E-state index contributed by atoms with van der Waals surface area (Å²) < 4.78 is 1.08. The normalized spacial score (nSPS) is 10.3. The maximum atomic E-state index is 10.5. The zero-order chi connectivity index (χ0) is 11.4. The fraction of sp³-hybridized carbons (Fsp3) is 0.0909. The van der Waals surface area contributed by atoms with E-state index in [0.29, 0.717) is 5.69 Å². The topological polar surface area (TPSA) is 30.0 Å². The summed E-state index contributed by atoms with van der Waals surface area (Å²) in [5, 5.41) is 2.76. The average Bonchev–Trinajstić information content (AvgIpc) is 2.76. The molecule has 0 aliphatic rings. The lowest BCUT2D eigenvalue weighted by Gasteiger charge is -1.98. The number of hydrogen-bond donors (Lipinski definition) is 0. The number of carbonyl (C=O) groups is 1. The zero-order valence-electron chi connectivity index (χ0n) is 8.22. The number of aromatic nitrogens is 1. The number of carbonyl (C=O) groups excluding carboxylic acids is 1. The molecule has 0 unspecified atom stereocenters. The van der Waals surface area contributed by atoms with Gasteiger partial charge in [0, 0.05) is 14.7 Å². The summed E-state index contributed by atoms with van der Waals surface area (Å²) in [6.07, 6.45) is 0.782. The Balaban J connectivity index is 1.96. The van der Waals surface area contributed by atoms with Gasteiger partial charge in [0.05, 0.1) is 5.75 Å². The molecule has 1 aromatic heterocycles. The minimum atomic E-state index is 0.524. The Labute approximate surface area is 110 Å². The molecule has 16 heavy (non-hydrogen) atoms. The molecule has 0 saturated carbocycles. The van der Waals surface area contributed by atoms with E-state index >= 15 is 0 Å². The van der Waals surface area contributed by atoms with Gasteiger partial charge >= 0.3 is 0 Å². The summed E-state index contributed by atoms with van der Waals surface area (Å²) in [6, 6.07) is 8.15. The molecule has 0 aliphatic carbocycles. The van der Waals surface area contributed by atoms with Crippen LogP contribution in [0.1, 0.15) is 15.5 Å². The molecule has 5 heteroatoms. The first kappa shape index (κ1) is 11.8. The van der Waals surface area contributed by atoms with Gasteiger partial charge in [-0.3, -0.25) is 4.79 Å². The molecule has 0 saturated heterocycles. The molecular formula is C11H8BrNOS2. The van der Waals surface area contributed by atoms with Crippen LogP contribution in [0, 0.1) is 0 Å². The van der Waals surface area contributed by atoms with Crippen LogP contribution in [0.2, 0.25) is 0 Å². The second-order valence-corrected chi connectivity index (χ2v) is 5.93. The van der Waals surface area contributed by atoms with Crippen LogP contribution in [0.15, 0.2) is 39.0 Å². The Hall–Kier alpha value is -0.650. The average molecular weight is 314 g/mol. The molecule has 0 amide bonds. The van der Waals surface area contributed by atoms with Gasteiger partial charge in [0.25, 0.3) is 0 Å². The molecule has 0 bridgehead atoms. The number of hydrogen-bond acceptors (Lipinski definition) is 4. The third kappa shape index (κ3) is 3.17. The maximum absolute atomic E-state index is 10.5. The number of nitrogens with zero attached hydrogens (tertiary/aromatic N) is 1. The van der Waals surface area contributed by atoms with Crippen LogP contribution in [-0.2, 0) is 5.75 Å². The SMILES string of the molecule is O=Cc1csc(CSc2ccc(Br)cc2)n1. The van der Waals surface area contributed by atoms with E-state index in [0.717, 1.165) is 21.5 Å². The van der Waals surface area contributed by atoms with Crippen molar-refractivity contribution in [1.82, 2.24) is 4.98 Å². The molecule has 1 aromatic carbocycles. The van der Waals surface area contributed by atoms with Crippen molar-refractivity contribution in [2.75, 3.05) is 0 Å². The van der Waals surface area contributed by atoms with E-state index in [-0.39, 0.29) is 0 Å². The van der Waals surface area contributed by atoms with E-state index < -0.39 is 0 Å². The fourth-order valence-electron chi connectivity index (χ4n) is 1.12. The monoisotopic (exact) mass is 313 g/mol. The summed E-state index contributed by atoms with van der Waals surface area (Å²) in [7, 11) is 0. The van der Waals surface area contributed by atoms with Gasteiger partial charge in [0.15, 0.2) is 6.29 Å². The van der Waals surface area contributed by atoms with Gasteiger partial charge < -0.3 is 0 Å². The lowest BCUT2D eigenvalue weighted by molar-refractivity contribution is 0.111. The van der Waals surface area contributed by atoms with Crippen molar-refractivity contribution in [3.63, 3.8) is 0 Å². The molecule has 0 aliphatic heterocycles. The molecule has 2 nitrogen and oxygen atoms in total. The quantitative estimate of drug-likeness (QED) is 0.631. The van der Waals surface area contributed by atoms with Crippen molar-refractivity contribution in [3.05, 3.63) is 44.8 Å². The first-order valence-electron chi connectivity index (χ1n) is 4.56. The molecule has 0 atom stereocenters. The van der Waals surface area contributed by atoms with Gasteiger partial charge in [-0.1, -0.05) is 15.9 Å². The van der Waals surface area contributed by atoms with Crippen LogP contribution >= 0.6 is 39.0 Å². The Kier molecular flexibility index (Phi) is 4.15. The zero-order valence-corrected chi connectivity index (χ0v) is 11.4. The van der Waals surface area contributed by atoms with E-state index in [4.69, 9.17) is 0 Å². The molecule has 2 aromatic rings. The van der Waals surface area contributed by atoms with Gasteiger partial charge in [-0.25, -0.2) is 4.98 Å². The van der Waals surface area contributed by atoms with Crippen LogP contribution in [-0.4, -0.2) is 11.3 Å². The Morgan fingerprint density at radius 3 is 2.75 bits per heavy atom. The van der Waals surface area contributed by atoms with E-state index in [9.17, 15) is 4.79 Å². The lowest BCUT2D eigenvalue weighted by Crippen LogP contribution is -1.82. The lowest BCUT2D eigenvalue weighted by atomic mass is 10.4. The van der Waals surface area contributed by atoms with Crippen molar-refractivity contribution >= 4 is 45.3 Å². The number of rotatable bonds is 4. The number of benzene rings is 1. The predicted octanol–water partition coefficient (Wildman–Crippen LogP) is 4.01. The van der Waals surface area contributed by atoms with E-state index in [1.807, 2.05) is 12.1 Å². The van der Waals surface area contributed by atoms with Crippen molar-refractivity contribution in [2.45, 2.75) is 10.6 Å². The van der Waals surface area contributed by atoms with Gasteiger partial charge in [-0.2, -0.15) is 0 Å². The third-order valence-electron chi connectivity index (χ3n) is 1.87. The Morgan fingerprint density at radius 2 is 2.12 bits per heavy atom. The molecule has 82 valence electrons. The van der Waals surface area contributed by atoms with E-state index in [2.05, 4.69) is 33.0 Å². The van der Waals surface area contributed by atoms with Crippen LogP contribution in [0.25, 0.3) is 0 Å². The van der Waals surface area contributed by atoms with Crippen LogP contribution in [0.3, 0.4) is 0 Å². The highest BCUT2D eigenvalue weighted by molar-refractivity contribution is 9.10. The molecule has 0 spiro atoms. The van der Waals surface area contributed by atoms with Crippen molar-refractivity contribution in [1.29, 1.82) is 0 Å². The second-order valence-electron chi connectivity index (χ2n) is 3.03. The van der Waals surface area contributed by atoms with Crippen LogP contribution < -0.4 is 0 Å². The maximum Gasteiger partial charge on any atom is 0.169 e. The minimum Gasteiger partial charge on any atom is -0.296 e. The predicted molar refractivity (Wildman–Crippen MR) is 71.2 cm³/mol. The molecule has 2 rings (SSSR count). The Morgan fingerprint density at radius 1 is 1.38 bits per heavy atom. The molecule has 0 N–H and O–H groups in total. The number of halogens is 1. The molecule has 1 heterocycles. The highest BCUT2D eigenvalue weighted by Gasteiger charge is 2.02. The molecular weight excluding hydrogens is 306 g/mol. The summed E-state index contributed by atoms with van der Waals surface area (Å²) in [5.41, 5.74) is 0.524. The Bertz CT molecular complexity index is 481. The molecule has 0 radical (unpaired) electrons. The standard InChI is InChI=1S/C11H8BrNOS2/c12-8-1-3-10(4-2-8)15-7-11-13-9(5-14)6-16-11/h1-6H,7H2. The van der Waals surface area contributed by atoms with Gasteiger partial charge in [-0.05, 0) is 24.3 Å². The van der Waals surface area contributed by atoms with Crippen LogP contribution in [0.4, 0.5) is 0 Å². The van der Waals surface area contributed by atoms with Crippen molar-refractivity contribution in [3.8, 4) is 0 Å². The smallest absolute Gasteiger partial charge is 0.169 e. The summed E-state index contributed by atoms with van der Waals surface area (Å²) in [6.45, 7) is 0. The van der Waals surface area contributed by atoms with Crippen LogP contribution in [0.5, 0.6) is 0 Å². The first-order valence-corrected chi connectivity index (χ1v) is 7.22. The molecule has 0 fully saturated rings.